The molecule has 4 nitrogen and oxygen atoms in total. The predicted molar refractivity (Wildman–Crippen MR) is 83.8 cm³/mol. The van der Waals surface area contributed by atoms with Gasteiger partial charge in [-0.2, -0.15) is 5.10 Å². The van der Waals surface area contributed by atoms with Gasteiger partial charge in [-0.15, -0.1) is 0 Å². The van der Waals surface area contributed by atoms with E-state index >= 15 is 0 Å². The molecule has 0 aliphatic rings. The Bertz CT molecular complexity index is 715. The molecule has 2 aromatic carbocycles. The van der Waals surface area contributed by atoms with Crippen LogP contribution in [0.25, 0.3) is 0 Å². The number of carbonyl (C=O) groups excluding carboxylic acids is 1. The van der Waals surface area contributed by atoms with Crippen molar-refractivity contribution in [1.29, 1.82) is 0 Å². The lowest BCUT2D eigenvalue weighted by atomic mass is 10.1. The molecule has 0 radical (unpaired) electrons. The normalized spacial score (nSPS) is 11.3. The molecule has 0 saturated carbocycles. The van der Waals surface area contributed by atoms with Gasteiger partial charge in [0.15, 0.2) is 0 Å². The van der Waals surface area contributed by atoms with E-state index in [9.17, 15) is 14.3 Å². The van der Waals surface area contributed by atoms with Crippen LogP contribution >= 0.6 is 11.6 Å². The van der Waals surface area contributed by atoms with Gasteiger partial charge in [-0.05, 0) is 42.3 Å². The minimum absolute atomic E-state index is 0.0332. The summed E-state index contributed by atoms with van der Waals surface area (Å²) >= 11 is 5.80. The van der Waals surface area contributed by atoms with Gasteiger partial charge in [0, 0.05) is 5.02 Å². The van der Waals surface area contributed by atoms with Gasteiger partial charge in [-0.1, -0.05) is 30.7 Å². The summed E-state index contributed by atoms with van der Waals surface area (Å²) in [5.74, 6) is -1.10. The lowest BCUT2D eigenvalue weighted by Gasteiger charge is -2.07. The molecule has 0 heterocycles. The molecule has 2 rings (SSSR count). The van der Waals surface area contributed by atoms with Gasteiger partial charge in [0.2, 0.25) is 0 Å². The fourth-order valence-corrected chi connectivity index (χ4v) is 2.03. The third-order valence-electron chi connectivity index (χ3n) is 3.01. The van der Waals surface area contributed by atoms with Crippen LogP contribution in [0, 0.1) is 5.82 Å². The predicted octanol–water partition coefficient (Wildman–Crippen LogP) is 3.73. The molecule has 0 fully saturated rings. The molecule has 0 unspecified atom stereocenters. The highest BCUT2D eigenvalue weighted by Crippen LogP contribution is 2.21. The van der Waals surface area contributed by atoms with E-state index in [0.29, 0.717) is 22.7 Å². The van der Waals surface area contributed by atoms with Crippen LogP contribution in [0.4, 0.5) is 4.39 Å². The van der Waals surface area contributed by atoms with Gasteiger partial charge < -0.3 is 5.11 Å². The van der Waals surface area contributed by atoms with Crippen molar-refractivity contribution in [1.82, 2.24) is 5.43 Å². The first kappa shape index (κ1) is 16.0. The molecule has 6 heteroatoms. The van der Waals surface area contributed by atoms with E-state index in [-0.39, 0.29) is 17.1 Å². The Kier molecular flexibility index (Phi) is 5.12. The van der Waals surface area contributed by atoms with Crippen LogP contribution in [-0.2, 0) is 0 Å². The van der Waals surface area contributed by atoms with Crippen molar-refractivity contribution in [3.05, 3.63) is 64.4 Å². The lowest BCUT2D eigenvalue weighted by Crippen LogP contribution is -2.20. The van der Waals surface area contributed by atoms with Crippen molar-refractivity contribution >= 4 is 23.2 Å². The molecule has 2 N–H and O–H groups in total. The number of hydrogen-bond acceptors (Lipinski definition) is 3. The van der Waals surface area contributed by atoms with E-state index < -0.39 is 5.91 Å². The fourth-order valence-electron chi connectivity index (χ4n) is 1.86. The Labute approximate surface area is 132 Å². The van der Waals surface area contributed by atoms with Crippen LogP contribution in [0.15, 0.2) is 47.6 Å². The zero-order valence-corrected chi connectivity index (χ0v) is 12.6. The molecular weight excluding hydrogens is 307 g/mol. The maximum atomic E-state index is 12.9. The minimum Gasteiger partial charge on any atom is -0.507 e. The summed E-state index contributed by atoms with van der Waals surface area (Å²) in [6.07, 6.45) is 0.549. The molecule has 0 saturated heterocycles. The number of hydrazone groups is 1. The van der Waals surface area contributed by atoms with Crippen LogP contribution in [0.3, 0.4) is 0 Å². The molecule has 0 bridgehead atoms. The molecule has 114 valence electrons. The number of hydrogen-bond donors (Lipinski definition) is 2. The number of nitrogens with one attached hydrogen (secondary N) is 1. The Balaban J connectivity index is 2.19. The first-order valence-electron chi connectivity index (χ1n) is 6.62. The van der Waals surface area contributed by atoms with E-state index in [0.717, 1.165) is 0 Å². The SMILES string of the molecule is CC/C(=N/NC(=O)c1cc(Cl)ccc1O)c1ccc(F)cc1. The molecule has 0 aliphatic heterocycles. The Hall–Kier alpha value is -2.40. The zero-order chi connectivity index (χ0) is 16.1. The summed E-state index contributed by atoms with van der Waals surface area (Å²) in [5, 5.41) is 14.0. The standard InChI is InChI=1S/C16H14ClFN2O2/c1-2-14(10-3-6-12(18)7-4-10)19-20-16(22)13-9-11(17)5-8-15(13)21/h3-9,21H,2H2,1H3,(H,20,22)/b19-14-. The molecule has 0 atom stereocenters. The van der Waals surface area contributed by atoms with Gasteiger partial charge >= 0.3 is 0 Å². The van der Waals surface area contributed by atoms with Crippen molar-refractivity contribution in [2.75, 3.05) is 0 Å². The number of halogens is 2. The van der Waals surface area contributed by atoms with E-state index in [1.54, 1.807) is 12.1 Å². The van der Waals surface area contributed by atoms with Crippen molar-refractivity contribution in [3.63, 3.8) is 0 Å². The average molecular weight is 321 g/mol. The summed E-state index contributed by atoms with van der Waals surface area (Å²) in [6.45, 7) is 1.87. The van der Waals surface area contributed by atoms with Gasteiger partial charge in [0.1, 0.15) is 11.6 Å². The smallest absolute Gasteiger partial charge is 0.275 e. The summed E-state index contributed by atoms with van der Waals surface area (Å²) in [5.41, 5.74) is 3.70. The van der Waals surface area contributed by atoms with Crippen LogP contribution < -0.4 is 5.43 Å². The Morgan fingerprint density at radius 3 is 2.59 bits per heavy atom. The number of benzene rings is 2. The number of phenolic OH excluding ortho intramolecular Hbond substituents is 1. The molecule has 0 spiro atoms. The van der Waals surface area contributed by atoms with Gasteiger partial charge in [0.05, 0.1) is 11.3 Å². The van der Waals surface area contributed by atoms with Crippen LogP contribution in [0.1, 0.15) is 29.3 Å². The van der Waals surface area contributed by atoms with Crippen LogP contribution in [-0.4, -0.2) is 16.7 Å². The third kappa shape index (κ3) is 3.83. The average Bonchev–Trinajstić information content (AvgIpc) is 2.51. The van der Waals surface area contributed by atoms with E-state index in [4.69, 9.17) is 11.6 Å². The van der Waals surface area contributed by atoms with Gasteiger partial charge in [-0.3, -0.25) is 4.79 Å². The number of rotatable bonds is 4. The second-order valence-corrected chi connectivity index (χ2v) is 4.96. The first-order valence-corrected chi connectivity index (χ1v) is 7.00. The maximum Gasteiger partial charge on any atom is 0.275 e. The van der Waals surface area contributed by atoms with E-state index in [2.05, 4.69) is 10.5 Å². The number of nitrogens with zero attached hydrogens (tertiary/aromatic N) is 1. The summed E-state index contributed by atoms with van der Waals surface area (Å²) in [7, 11) is 0. The second kappa shape index (κ2) is 7.04. The molecule has 1 amide bonds. The van der Waals surface area contributed by atoms with Crippen molar-refractivity contribution in [2.45, 2.75) is 13.3 Å². The molecule has 0 aromatic heterocycles. The highest BCUT2D eigenvalue weighted by atomic mass is 35.5. The van der Waals surface area contributed by atoms with Gasteiger partial charge in [0.25, 0.3) is 5.91 Å². The maximum absolute atomic E-state index is 12.9. The number of aromatic hydroxyl groups is 1. The highest BCUT2D eigenvalue weighted by Gasteiger charge is 2.11. The Morgan fingerprint density at radius 1 is 1.27 bits per heavy atom. The molecule has 0 aliphatic carbocycles. The quantitative estimate of drug-likeness (QED) is 0.666. The largest absolute Gasteiger partial charge is 0.507 e. The summed E-state index contributed by atoms with van der Waals surface area (Å²) in [6, 6.07) is 9.98. The molecular formula is C16H14ClFN2O2. The summed E-state index contributed by atoms with van der Waals surface area (Å²) in [4.78, 5) is 12.0. The number of amides is 1. The third-order valence-corrected chi connectivity index (χ3v) is 3.24. The first-order chi connectivity index (χ1) is 10.5. The van der Waals surface area contributed by atoms with Gasteiger partial charge in [-0.25, -0.2) is 9.82 Å². The lowest BCUT2D eigenvalue weighted by molar-refractivity contribution is 0.0952. The Morgan fingerprint density at radius 2 is 1.95 bits per heavy atom. The topological polar surface area (TPSA) is 61.7 Å². The molecule has 22 heavy (non-hydrogen) atoms. The van der Waals surface area contributed by atoms with E-state index in [1.165, 1.54) is 30.3 Å². The van der Waals surface area contributed by atoms with Crippen molar-refractivity contribution < 1.29 is 14.3 Å². The number of phenols is 1. The van der Waals surface area contributed by atoms with Crippen molar-refractivity contribution in [3.8, 4) is 5.75 Å². The van der Waals surface area contributed by atoms with E-state index in [1.807, 2.05) is 6.92 Å². The van der Waals surface area contributed by atoms with Crippen LogP contribution in [0.5, 0.6) is 5.75 Å². The highest BCUT2D eigenvalue weighted by molar-refractivity contribution is 6.31. The van der Waals surface area contributed by atoms with Crippen molar-refractivity contribution in [2.24, 2.45) is 5.10 Å². The second-order valence-electron chi connectivity index (χ2n) is 4.52. The van der Waals surface area contributed by atoms with Crippen LogP contribution in [0.2, 0.25) is 5.02 Å². The monoisotopic (exact) mass is 320 g/mol. The molecule has 2 aromatic rings. The summed E-state index contributed by atoms with van der Waals surface area (Å²) < 4.78 is 12.9. The fraction of sp³-hybridized carbons (Fsp3) is 0.125. The minimum atomic E-state index is -0.576. The number of carbonyl (C=O) groups is 1. The zero-order valence-electron chi connectivity index (χ0n) is 11.8.